The van der Waals surface area contributed by atoms with Crippen LogP contribution in [0.2, 0.25) is 0 Å². The van der Waals surface area contributed by atoms with Crippen molar-refractivity contribution in [1.82, 2.24) is 4.90 Å². The summed E-state index contributed by atoms with van der Waals surface area (Å²) < 4.78 is 6.01. The maximum atomic E-state index is 12.7. The number of unbranched alkanes of at least 4 members (excludes halogenated alkanes) is 27. The standard InChI is InChI=1S/C51H101NO3/c1-5-9-13-17-24-31-39-49(40-32-25-18-14-10-6-2)41-33-26-21-20-22-29-37-45-52(47-48-53)46-38-30-23-28-36-44-51(54)55-50(42-34-16-12-8-4)43-35-27-19-15-11-7-3/h33,41,49-50,53H,5-32,34-40,42-48H2,1-4H3/b41-33-. The van der Waals surface area contributed by atoms with Gasteiger partial charge in [-0.05, 0) is 89.6 Å². The van der Waals surface area contributed by atoms with E-state index in [9.17, 15) is 9.90 Å². The molecule has 0 spiro atoms. The van der Waals surface area contributed by atoms with Gasteiger partial charge in [0, 0.05) is 13.0 Å². The fourth-order valence-electron chi connectivity index (χ4n) is 8.20. The molecule has 0 aromatic heterocycles. The van der Waals surface area contributed by atoms with Gasteiger partial charge in [0.05, 0.1) is 6.61 Å². The molecule has 0 aliphatic rings. The molecule has 0 fully saturated rings. The maximum Gasteiger partial charge on any atom is 0.306 e. The molecule has 0 bridgehead atoms. The molecule has 0 aromatic rings. The number of rotatable bonds is 46. The Morgan fingerprint density at radius 3 is 1.33 bits per heavy atom. The first kappa shape index (κ1) is 54.1. The molecular formula is C51H101NO3. The normalized spacial score (nSPS) is 12.5. The van der Waals surface area contributed by atoms with E-state index >= 15 is 0 Å². The van der Waals surface area contributed by atoms with E-state index in [4.69, 9.17) is 4.74 Å². The van der Waals surface area contributed by atoms with Crippen LogP contribution in [0.5, 0.6) is 0 Å². The Kier molecular flexibility index (Phi) is 45.1. The highest BCUT2D eigenvalue weighted by molar-refractivity contribution is 5.69. The van der Waals surface area contributed by atoms with Gasteiger partial charge in [0.2, 0.25) is 0 Å². The van der Waals surface area contributed by atoms with Crippen LogP contribution in [0.25, 0.3) is 0 Å². The van der Waals surface area contributed by atoms with Crippen molar-refractivity contribution in [2.24, 2.45) is 5.92 Å². The molecule has 0 heterocycles. The molecular weight excluding hydrogens is 675 g/mol. The van der Waals surface area contributed by atoms with Gasteiger partial charge in [-0.15, -0.1) is 0 Å². The first-order chi connectivity index (χ1) is 27.1. The van der Waals surface area contributed by atoms with Crippen molar-refractivity contribution in [2.75, 3.05) is 26.2 Å². The third-order valence-corrected chi connectivity index (χ3v) is 11.9. The van der Waals surface area contributed by atoms with E-state index in [1.165, 1.54) is 212 Å². The minimum Gasteiger partial charge on any atom is -0.462 e. The number of nitrogens with zero attached hydrogens (tertiary/aromatic N) is 1. The number of hydrogen-bond acceptors (Lipinski definition) is 4. The van der Waals surface area contributed by atoms with Crippen molar-refractivity contribution in [2.45, 2.75) is 278 Å². The summed E-state index contributed by atoms with van der Waals surface area (Å²) in [6.45, 7) is 12.4. The van der Waals surface area contributed by atoms with E-state index in [1.807, 2.05) is 0 Å². The predicted octanol–water partition coefficient (Wildman–Crippen LogP) is 16.3. The van der Waals surface area contributed by atoms with Gasteiger partial charge in [0.15, 0.2) is 0 Å². The Morgan fingerprint density at radius 1 is 0.473 bits per heavy atom. The Labute approximate surface area is 346 Å². The van der Waals surface area contributed by atoms with E-state index in [0.29, 0.717) is 6.42 Å². The van der Waals surface area contributed by atoms with Crippen molar-refractivity contribution < 1.29 is 14.6 Å². The van der Waals surface area contributed by atoms with Crippen LogP contribution in [-0.4, -0.2) is 48.3 Å². The number of aliphatic hydroxyl groups excluding tert-OH is 1. The molecule has 0 saturated carbocycles. The summed E-state index contributed by atoms with van der Waals surface area (Å²) in [6.07, 6.45) is 53.8. The van der Waals surface area contributed by atoms with Crippen LogP contribution in [0.1, 0.15) is 272 Å². The van der Waals surface area contributed by atoms with Gasteiger partial charge in [-0.2, -0.15) is 0 Å². The average Bonchev–Trinajstić information content (AvgIpc) is 3.18. The van der Waals surface area contributed by atoms with E-state index in [1.54, 1.807) is 0 Å². The zero-order valence-electron chi connectivity index (χ0n) is 38.2. The third-order valence-electron chi connectivity index (χ3n) is 11.9. The minimum atomic E-state index is 0.0308. The summed E-state index contributed by atoms with van der Waals surface area (Å²) >= 11 is 0. The topological polar surface area (TPSA) is 49.8 Å². The van der Waals surface area contributed by atoms with Crippen LogP contribution in [0, 0.1) is 5.92 Å². The van der Waals surface area contributed by atoms with E-state index in [-0.39, 0.29) is 18.7 Å². The first-order valence-electron chi connectivity index (χ1n) is 25.3. The highest BCUT2D eigenvalue weighted by Gasteiger charge is 2.14. The number of allylic oxidation sites excluding steroid dienone is 2. The van der Waals surface area contributed by atoms with Crippen molar-refractivity contribution >= 4 is 5.97 Å². The Morgan fingerprint density at radius 2 is 0.855 bits per heavy atom. The van der Waals surface area contributed by atoms with Crippen LogP contribution >= 0.6 is 0 Å². The number of ether oxygens (including phenoxy) is 1. The first-order valence-corrected chi connectivity index (χ1v) is 25.3. The molecule has 0 saturated heterocycles. The summed E-state index contributed by atoms with van der Waals surface area (Å²) in [7, 11) is 0. The second-order valence-electron chi connectivity index (χ2n) is 17.5. The zero-order chi connectivity index (χ0) is 40.1. The lowest BCUT2D eigenvalue weighted by Gasteiger charge is -2.21. The van der Waals surface area contributed by atoms with Crippen molar-refractivity contribution in [3.63, 3.8) is 0 Å². The second-order valence-corrected chi connectivity index (χ2v) is 17.5. The Hall–Kier alpha value is -0.870. The summed E-state index contributed by atoms with van der Waals surface area (Å²) in [5.41, 5.74) is 0. The van der Waals surface area contributed by atoms with Crippen LogP contribution in [0.3, 0.4) is 0 Å². The summed E-state index contributed by atoms with van der Waals surface area (Å²) in [4.78, 5) is 15.1. The molecule has 0 aromatic carbocycles. The highest BCUT2D eigenvalue weighted by Crippen LogP contribution is 2.22. The Bertz CT molecular complexity index is 753. The number of aliphatic hydroxyl groups is 1. The van der Waals surface area contributed by atoms with Gasteiger partial charge in [0.1, 0.15) is 6.10 Å². The molecule has 4 heteroatoms. The SMILES string of the molecule is CCCCCCCCC(/C=C\CCCCCCCN(CCO)CCCCCCCC(=O)OC(CCCCCC)CCCCCCCC)CCCCCCCC. The number of carbonyl (C=O) groups is 1. The molecule has 0 radical (unpaired) electrons. The molecule has 55 heavy (non-hydrogen) atoms. The number of hydrogen-bond donors (Lipinski definition) is 1. The van der Waals surface area contributed by atoms with Crippen molar-refractivity contribution in [3.8, 4) is 0 Å². The highest BCUT2D eigenvalue weighted by atomic mass is 16.5. The molecule has 1 N–H and O–H groups in total. The van der Waals surface area contributed by atoms with Gasteiger partial charge in [-0.1, -0.05) is 207 Å². The smallest absolute Gasteiger partial charge is 0.306 e. The fourth-order valence-corrected chi connectivity index (χ4v) is 8.20. The van der Waals surface area contributed by atoms with Gasteiger partial charge >= 0.3 is 5.97 Å². The zero-order valence-corrected chi connectivity index (χ0v) is 38.2. The monoisotopic (exact) mass is 776 g/mol. The largest absolute Gasteiger partial charge is 0.462 e. The molecule has 0 rings (SSSR count). The molecule has 1 atom stereocenters. The van der Waals surface area contributed by atoms with Crippen molar-refractivity contribution in [1.29, 1.82) is 0 Å². The maximum absolute atomic E-state index is 12.7. The third kappa shape index (κ3) is 41.1. The van der Waals surface area contributed by atoms with Gasteiger partial charge in [-0.25, -0.2) is 0 Å². The minimum absolute atomic E-state index is 0.0308. The predicted molar refractivity (Wildman–Crippen MR) is 244 cm³/mol. The van der Waals surface area contributed by atoms with E-state index in [2.05, 4.69) is 44.7 Å². The number of carbonyl (C=O) groups excluding carboxylic acids is 1. The summed E-state index contributed by atoms with van der Waals surface area (Å²) in [5.74, 6) is 0.837. The van der Waals surface area contributed by atoms with Gasteiger partial charge in [0.25, 0.3) is 0 Å². The van der Waals surface area contributed by atoms with Crippen LogP contribution in [0.15, 0.2) is 12.2 Å². The molecule has 0 aliphatic heterocycles. The molecule has 0 aliphatic carbocycles. The molecule has 328 valence electrons. The lowest BCUT2D eigenvalue weighted by Crippen LogP contribution is -2.29. The van der Waals surface area contributed by atoms with Crippen molar-refractivity contribution in [3.05, 3.63) is 12.2 Å². The summed E-state index contributed by atoms with van der Waals surface area (Å²) in [5, 5.41) is 9.64. The molecule has 0 amide bonds. The lowest BCUT2D eigenvalue weighted by molar-refractivity contribution is -0.150. The van der Waals surface area contributed by atoms with Crippen LogP contribution < -0.4 is 0 Å². The average molecular weight is 776 g/mol. The second kappa shape index (κ2) is 45.8. The van der Waals surface area contributed by atoms with Gasteiger partial charge in [-0.3, -0.25) is 4.79 Å². The van der Waals surface area contributed by atoms with Crippen LogP contribution in [-0.2, 0) is 9.53 Å². The van der Waals surface area contributed by atoms with Gasteiger partial charge < -0.3 is 14.7 Å². The molecule has 1 unspecified atom stereocenters. The molecule has 4 nitrogen and oxygen atoms in total. The van der Waals surface area contributed by atoms with E-state index in [0.717, 1.165) is 51.2 Å². The fraction of sp³-hybridized carbons (Fsp3) is 0.941. The van der Waals surface area contributed by atoms with E-state index < -0.39 is 0 Å². The summed E-state index contributed by atoms with van der Waals surface area (Å²) in [6, 6.07) is 0. The Balaban J connectivity index is 4.14. The number of esters is 1. The lowest BCUT2D eigenvalue weighted by atomic mass is 9.93. The van der Waals surface area contributed by atoms with Crippen LogP contribution in [0.4, 0.5) is 0 Å². The quantitative estimate of drug-likeness (QED) is 0.0380.